The molecular weight excluding hydrogens is 1120 g/mol. The maximum absolute atomic E-state index is 11.6. The molecule has 77 heavy (non-hydrogen) atoms. The fourth-order valence-corrected chi connectivity index (χ4v) is 10.7. The average Bonchev–Trinajstić information content (AvgIpc) is 3.39. The topological polar surface area (TPSA) is 79.8 Å². The van der Waals surface area contributed by atoms with Gasteiger partial charge in [-0.3, -0.25) is 0 Å². The van der Waals surface area contributed by atoms with Gasteiger partial charge in [0.2, 0.25) is 0 Å². The van der Waals surface area contributed by atoms with Crippen LogP contribution in [0.4, 0.5) is 22.7 Å². The molecular formula is C70H82N4O2Pt. The Balaban J connectivity index is 0.000000349. The Labute approximate surface area is 476 Å². The molecule has 8 rings (SSSR count). The Morgan fingerprint density at radius 2 is 0.818 bits per heavy atom. The Bertz CT molecular complexity index is 3200. The Kier molecular flexibility index (Phi) is 20.6. The molecule has 0 aliphatic rings. The molecule has 5 N–H and O–H groups in total. The third-order valence-corrected chi connectivity index (χ3v) is 14.7. The number of hydrogen-bond donors (Lipinski definition) is 5. The zero-order valence-corrected chi connectivity index (χ0v) is 50.5. The molecule has 0 aliphatic carbocycles. The number of nitrogens with one attached hydrogen (secondary N) is 3. The minimum Gasteiger partial charge on any atom is -0.532 e. The predicted octanol–water partition coefficient (Wildman–Crippen LogP) is 19.3. The van der Waals surface area contributed by atoms with Gasteiger partial charge in [0.15, 0.2) is 0 Å². The SMILES string of the molecule is C[CH-]Nc1cc(-c2c(C(C)C)cccc2C(C)C)ccc1O.Cc1ccc(-c2c(C)cccc2C)cc1NCN[CH-]N(c1ccc(-c2c(C)cccc2C)cc1C)c1cc(-c2c(C(C)C)cccc2C(C)C)ccc1O.[Pt+2]. The molecule has 0 spiro atoms. The molecule has 0 bridgehead atoms. The Morgan fingerprint density at radius 1 is 0.416 bits per heavy atom. The number of phenols is 2. The van der Waals surface area contributed by atoms with E-state index in [9.17, 15) is 10.2 Å². The molecule has 8 aromatic rings. The van der Waals surface area contributed by atoms with Crippen LogP contribution in [0.3, 0.4) is 0 Å². The fourth-order valence-electron chi connectivity index (χ4n) is 10.7. The first-order valence-electron chi connectivity index (χ1n) is 27.2. The minimum absolute atomic E-state index is 0. The zero-order chi connectivity index (χ0) is 55.0. The summed E-state index contributed by atoms with van der Waals surface area (Å²) < 4.78 is 0. The van der Waals surface area contributed by atoms with E-state index in [1.807, 2.05) is 38.3 Å². The summed E-state index contributed by atoms with van der Waals surface area (Å²) in [6.07, 6.45) is 0. The molecule has 6 nitrogen and oxygen atoms in total. The number of aromatic hydroxyl groups is 2. The van der Waals surface area contributed by atoms with Crippen LogP contribution in [0.25, 0.3) is 44.5 Å². The number of rotatable bonds is 17. The van der Waals surface area contributed by atoms with Crippen molar-refractivity contribution in [3.8, 4) is 56.0 Å². The first-order chi connectivity index (χ1) is 36.3. The van der Waals surface area contributed by atoms with Crippen LogP contribution in [0.5, 0.6) is 11.5 Å². The molecule has 0 saturated heterocycles. The van der Waals surface area contributed by atoms with Crippen molar-refractivity contribution in [1.29, 1.82) is 0 Å². The minimum atomic E-state index is 0. The zero-order valence-electron chi connectivity index (χ0n) is 48.2. The summed E-state index contributed by atoms with van der Waals surface area (Å²) in [5.74, 6) is 2.10. The number of aryl methyl sites for hydroxylation is 6. The number of anilines is 4. The molecule has 0 unspecified atom stereocenters. The smallest absolute Gasteiger partial charge is 0.532 e. The standard InChI is InChI=1S/C50H56N3O.C20H26NO.Pt/c1-31(2)42-18-13-19-43(32(3)4)50(42)41-23-25-47(54)46(28-41)53(45-24-22-39(26-38(45)10)48-34(6)14-11-15-35(48)7)30-51-29-52-44-27-40(21-20-33(44)5)49-36(8)16-12-17-37(49)9;1-6-21-18-12-15(10-11-19(18)22)20-16(13(2)3)8-7-9-17(20)14(4)5;/h11-28,30-32,51-52,54H,29H2,1-10H3;6-14,21-22H,1-5H3;/q2*-1;+2. The van der Waals surface area contributed by atoms with E-state index in [0.717, 1.165) is 33.8 Å². The van der Waals surface area contributed by atoms with Gasteiger partial charge in [-0.1, -0.05) is 159 Å². The van der Waals surface area contributed by atoms with Crippen LogP contribution in [-0.2, 0) is 21.1 Å². The van der Waals surface area contributed by atoms with Gasteiger partial charge in [0.1, 0.15) is 11.5 Å². The van der Waals surface area contributed by atoms with E-state index in [0.29, 0.717) is 36.0 Å². The van der Waals surface area contributed by atoms with Crippen molar-refractivity contribution in [3.63, 3.8) is 0 Å². The van der Waals surface area contributed by atoms with E-state index < -0.39 is 0 Å². The maximum atomic E-state index is 11.6. The van der Waals surface area contributed by atoms with Gasteiger partial charge in [0.05, 0.1) is 5.69 Å². The summed E-state index contributed by atoms with van der Waals surface area (Å²) in [5.41, 5.74) is 25.9. The summed E-state index contributed by atoms with van der Waals surface area (Å²) in [7, 11) is 0. The predicted molar refractivity (Wildman–Crippen MR) is 327 cm³/mol. The average molecular weight is 1210 g/mol. The van der Waals surface area contributed by atoms with E-state index >= 15 is 0 Å². The third kappa shape index (κ3) is 13.8. The second kappa shape index (κ2) is 26.6. The van der Waals surface area contributed by atoms with Gasteiger partial charge in [-0.05, 0) is 208 Å². The third-order valence-electron chi connectivity index (χ3n) is 14.7. The Morgan fingerprint density at radius 3 is 1.29 bits per heavy atom. The molecule has 0 heterocycles. The quantitative estimate of drug-likeness (QED) is 0.0271. The number of nitrogens with zero attached hydrogens (tertiary/aromatic N) is 1. The van der Waals surface area contributed by atoms with Crippen LogP contribution in [0.1, 0.15) is 142 Å². The van der Waals surface area contributed by atoms with E-state index in [1.165, 1.54) is 83.5 Å². The summed E-state index contributed by atoms with van der Waals surface area (Å²) in [4.78, 5) is 2.09. The normalized spacial score (nSPS) is 11.2. The van der Waals surface area contributed by atoms with Crippen LogP contribution in [-0.4, -0.2) is 16.9 Å². The van der Waals surface area contributed by atoms with Gasteiger partial charge in [-0.25, -0.2) is 6.54 Å². The first-order valence-corrected chi connectivity index (χ1v) is 27.2. The fraction of sp³-hybridized carbons (Fsp3) is 0.286. The summed E-state index contributed by atoms with van der Waals surface area (Å²) in [6, 6.07) is 51.3. The van der Waals surface area contributed by atoms with Crippen molar-refractivity contribution in [2.24, 2.45) is 0 Å². The van der Waals surface area contributed by atoms with Crippen LogP contribution >= 0.6 is 0 Å². The van der Waals surface area contributed by atoms with Crippen LogP contribution in [0.2, 0.25) is 0 Å². The van der Waals surface area contributed by atoms with Gasteiger partial charge >= 0.3 is 21.1 Å². The second-order valence-electron chi connectivity index (χ2n) is 21.7. The van der Waals surface area contributed by atoms with Gasteiger partial charge in [0, 0.05) is 23.7 Å². The van der Waals surface area contributed by atoms with Gasteiger partial charge in [-0.15, -0.1) is 0 Å². The molecule has 0 aliphatic heterocycles. The molecule has 7 heteroatoms. The van der Waals surface area contributed by atoms with Gasteiger partial charge in [-0.2, -0.15) is 13.6 Å². The molecule has 0 saturated carbocycles. The van der Waals surface area contributed by atoms with Crippen molar-refractivity contribution < 1.29 is 31.3 Å². The van der Waals surface area contributed by atoms with E-state index in [1.54, 1.807) is 6.07 Å². The van der Waals surface area contributed by atoms with Crippen LogP contribution < -0.4 is 20.9 Å². The van der Waals surface area contributed by atoms with E-state index in [4.69, 9.17) is 0 Å². The molecule has 0 aromatic heterocycles. The van der Waals surface area contributed by atoms with Crippen molar-refractivity contribution >= 4 is 22.7 Å². The molecule has 0 radical (unpaired) electrons. The van der Waals surface area contributed by atoms with Crippen molar-refractivity contribution in [2.75, 3.05) is 22.2 Å². The number of benzene rings is 8. The van der Waals surface area contributed by atoms with Gasteiger partial charge < -0.3 is 31.1 Å². The van der Waals surface area contributed by atoms with Gasteiger partial charge in [0.25, 0.3) is 0 Å². The summed E-state index contributed by atoms with van der Waals surface area (Å²) in [5, 5.41) is 31.9. The number of hydrogen-bond acceptors (Lipinski definition) is 6. The van der Waals surface area contributed by atoms with Crippen LogP contribution in [0.15, 0.2) is 146 Å². The molecule has 0 atom stereocenters. The maximum Gasteiger partial charge on any atom is 2.00 e. The van der Waals surface area contributed by atoms with Crippen molar-refractivity contribution in [3.05, 3.63) is 214 Å². The first kappa shape index (κ1) is 59.6. The summed E-state index contributed by atoms with van der Waals surface area (Å²) in [6.45, 7) is 37.1. The monoisotopic (exact) mass is 1210 g/mol. The molecule has 404 valence electrons. The second-order valence-corrected chi connectivity index (χ2v) is 21.7. The van der Waals surface area contributed by atoms with Crippen molar-refractivity contribution in [1.82, 2.24) is 5.32 Å². The summed E-state index contributed by atoms with van der Waals surface area (Å²) >= 11 is 0. The molecule has 0 amide bonds. The largest absolute Gasteiger partial charge is 2.00 e. The number of phenolic OH excluding ortho intramolecular Hbond substituents is 2. The van der Waals surface area contributed by atoms with E-state index in [2.05, 4.69) is 239 Å². The van der Waals surface area contributed by atoms with Crippen molar-refractivity contribution in [2.45, 2.75) is 128 Å². The Hall–Kier alpha value is -6.59. The molecule has 0 fully saturated rings. The van der Waals surface area contributed by atoms with Crippen LogP contribution in [0, 0.1) is 54.8 Å². The molecule has 8 aromatic carbocycles. The van der Waals surface area contributed by atoms with E-state index in [-0.39, 0.29) is 32.6 Å².